The van der Waals surface area contributed by atoms with Crippen molar-refractivity contribution in [1.29, 1.82) is 0 Å². The summed E-state index contributed by atoms with van der Waals surface area (Å²) in [4.78, 5) is 12.9. The minimum atomic E-state index is -3.08. The number of hydrogen-bond donors (Lipinski definition) is 2. The first-order valence-corrected chi connectivity index (χ1v) is 12.5. The number of carbonyl (C=O) groups is 1. The Hall–Kier alpha value is -3.14. The summed E-state index contributed by atoms with van der Waals surface area (Å²) in [5.41, 5.74) is 1.07. The fourth-order valence-corrected chi connectivity index (χ4v) is 6.06. The van der Waals surface area contributed by atoms with Gasteiger partial charge in [0.15, 0.2) is 15.7 Å². The first-order chi connectivity index (χ1) is 15.4. The van der Waals surface area contributed by atoms with Crippen molar-refractivity contribution in [1.82, 2.24) is 15.1 Å². The van der Waals surface area contributed by atoms with E-state index >= 15 is 0 Å². The average molecular weight is 475 g/mol. The topological polar surface area (TPSA) is 102 Å². The number of sulfone groups is 1. The Labute approximate surface area is 192 Å². The molecule has 0 radical (unpaired) electrons. The van der Waals surface area contributed by atoms with Crippen molar-refractivity contribution in [3.63, 3.8) is 0 Å². The molecule has 1 aliphatic rings. The Balaban J connectivity index is 1.71. The number of rotatable bonds is 7. The maximum absolute atomic E-state index is 13.3. The number of nitrogens with one attached hydrogen (secondary N) is 2. The van der Waals surface area contributed by atoms with E-state index in [2.05, 4.69) is 15.7 Å². The summed E-state index contributed by atoms with van der Waals surface area (Å²) in [5.74, 6) is 0.496. The molecule has 2 N–H and O–H groups in total. The molecule has 1 fully saturated rings. The molecule has 0 spiro atoms. The second-order valence-electron chi connectivity index (χ2n) is 9.00. The quantitative estimate of drug-likeness (QED) is 0.544. The minimum Gasteiger partial charge on any atom is -0.461 e. The lowest BCUT2D eigenvalue weighted by Crippen LogP contribution is -2.63. The lowest BCUT2D eigenvalue weighted by atomic mass is 10.1. The molecule has 33 heavy (non-hydrogen) atoms. The average Bonchev–Trinajstić information content (AvgIpc) is 3.03. The Kier molecular flexibility index (Phi) is 5.81. The Morgan fingerprint density at radius 1 is 1.18 bits per heavy atom. The second-order valence-corrected chi connectivity index (χ2v) is 11.1. The van der Waals surface area contributed by atoms with E-state index in [-0.39, 0.29) is 23.5 Å². The highest BCUT2D eigenvalue weighted by atomic mass is 32.2. The number of amides is 1. The molecule has 0 saturated carbocycles. The molecular formula is C23H27FN4O4S. The van der Waals surface area contributed by atoms with E-state index in [1.54, 1.807) is 48.0 Å². The Bertz CT molecular complexity index is 1310. The number of fused-ring (bicyclic) bond motifs is 1. The molecule has 2 aromatic carbocycles. The van der Waals surface area contributed by atoms with Crippen molar-refractivity contribution < 1.29 is 22.3 Å². The second kappa shape index (κ2) is 8.33. The first kappa shape index (κ1) is 23.0. The van der Waals surface area contributed by atoms with Gasteiger partial charge in [0, 0.05) is 30.0 Å². The first-order valence-electron chi connectivity index (χ1n) is 10.7. The SMILES string of the molecule is CC(C)Nc1nn(-c2cccc(OC(C)F)c2)c2ccc(C(=O)NC3(C)CS(=O)(=O)C3)cc12. The molecule has 0 aliphatic carbocycles. The fraction of sp³-hybridized carbons (Fsp3) is 0.391. The molecule has 1 aromatic heterocycles. The summed E-state index contributed by atoms with van der Waals surface area (Å²) in [6, 6.07) is 12.2. The molecule has 3 aromatic rings. The monoisotopic (exact) mass is 474 g/mol. The van der Waals surface area contributed by atoms with Gasteiger partial charge in [-0.25, -0.2) is 17.5 Å². The smallest absolute Gasteiger partial charge is 0.251 e. The summed E-state index contributed by atoms with van der Waals surface area (Å²) < 4.78 is 43.3. The van der Waals surface area contributed by atoms with Gasteiger partial charge in [-0.05, 0) is 51.1 Å². The van der Waals surface area contributed by atoms with E-state index in [9.17, 15) is 17.6 Å². The highest BCUT2D eigenvalue weighted by Crippen LogP contribution is 2.30. The van der Waals surface area contributed by atoms with Crippen molar-refractivity contribution in [2.24, 2.45) is 0 Å². The van der Waals surface area contributed by atoms with E-state index in [0.29, 0.717) is 22.8 Å². The molecule has 1 aliphatic heterocycles. The van der Waals surface area contributed by atoms with Crippen LogP contribution in [-0.4, -0.2) is 53.5 Å². The van der Waals surface area contributed by atoms with E-state index in [1.165, 1.54) is 6.92 Å². The summed E-state index contributed by atoms with van der Waals surface area (Å²) in [7, 11) is -3.08. The van der Waals surface area contributed by atoms with Crippen LogP contribution in [-0.2, 0) is 9.84 Å². The van der Waals surface area contributed by atoms with Crippen LogP contribution in [0.5, 0.6) is 5.75 Å². The molecule has 4 rings (SSSR count). The van der Waals surface area contributed by atoms with Gasteiger partial charge in [0.2, 0.25) is 6.36 Å². The number of aromatic nitrogens is 2. The third kappa shape index (κ3) is 4.95. The zero-order chi connectivity index (χ0) is 24.0. The van der Waals surface area contributed by atoms with Gasteiger partial charge < -0.3 is 15.4 Å². The maximum Gasteiger partial charge on any atom is 0.251 e. The van der Waals surface area contributed by atoms with Gasteiger partial charge in [0.25, 0.3) is 5.91 Å². The summed E-state index contributed by atoms with van der Waals surface area (Å²) in [5, 5.41) is 11.6. The van der Waals surface area contributed by atoms with Gasteiger partial charge >= 0.3 is 0 Å². The van der Waals surface area contributed by atoms with Gasteiger partial charge in [-0.15, -0.1) is 5.10 Å². The largest absolute Gasteiger partial charge is 0.461 e. The molecule has 1 saturated heterocycles. The summed E-state index contributed by atoms with van der Waals surface area (Å²) in [6.45, 7) is 7.00. The maximum atomic E-state index is 13.3. The Morgan fingerprint density at radius 2 is 1.91 bits per heavy atom. The van der Waals surface area contributed by atoms with E-state index in [1.807, 2.05) is 19.9 Å². The summed E-state index contributed by atoms with van der Waals surface area (Å²) >= 11 is 0. The van der Waals surface area contributed by atoms with E-state index in [0.717, 1.165) is 10.9 Å². The number of alkyl halides is 1. The lowest BCUT2D eigenvalue weighted by Gasteiger charge is -2.38. The standard InChI is InChI=1S/C23H27FN4O4S/c1-14(2)25-21-19-10-16(22(29)26-23(4)12-33(30,31)13-23)8-9-20(19)28(27-21)17-6-5-7-18(11-17)32-15(3)24/h5-11,14-15H,12-13H2,1-4H3,(H,25,27)(H,26,29). The lowest BCUT2D eigenvalue weighted by molar-refractivity contribution is 0.0859. The van der Waals surface area contributed by atoms with Gasteiger partial charge in [0.1, 0.15) is 5.75 Å². The minimum absolute atomic E-state index is 0.0675. The fourth-order valence-electron chi connectivity index (χ4n) is 4.06. The summed E-state index contributed by atoms with van der Waals surface area (Å²) in [6.07, 6.45) is -1.44. The van der Waals surface area contributed by atoms with Crippen molar-refractivity contribution in [3.8, 4) is 11.4 Å². The predicted molar refractivity (Wildman–Crippen MR) is 126 cm³/mol. The number of nitrogens with zero attached hydrogens (tertiary/aromatic N) is 2. The Morgan fingerprint density at radius 3 is 2.55 bits per heavy atom. The van der Waals surface area contributed by atoms with Crippen LogP contribution in [0.25, 0.3) is 16.6 Å². The number of benzene rings is 2. The van der Waals surface area contributed by atoms with Crippen molar-refractivity contribution in [2.45, 2.75) is 45.6 Å². The zero-order valence-corrected chi connectivity index (χ0v) is 19.7. The number of ether oxygens (including phenoxy) is 1. The molecule has 1 amide bonds. The number of anilines is 1. The van der Waals surface area contributed by atoms with Crippen LogP contribution in [0.2, 0.25) is 0 Å². The molecular weight excluding hydrogens is 447 g/mol. The zero-order valence-electron chi connectivity index (χ0n) is 18.9. The normalized spacial score (nSPS) is 17.4. The van der Waals surface area contributed by atoms with Gasteiger partial charge in [0.05, 0.1) is 28.2 Å². The van der Waals surface area contributed by atoms with Crippen molar-refractivity contribution in [2.75, 3.05) is 16.8 Å². The number of carbonyl (C=O) groups excluding carboxylic acids is 1. The number of hydrogen-bond acceptors (Lipinski definition) is 6. The van der Waals surface area contributed by atoms with Crippen LogP contribution in [0.4, 0.5) is 10.2 Å². The molecule has 8 nitrogen and oxygen atoms in total. The highest BCUT2D eigenvalue weighted by Gasteiger charge is 2.45. The van der Waals surface area contributed by atoms with E-state index in [4.69, 9.17) is 4.74 Å². The van der Waals surface area contributed by atoms with Crippen molar-refractivity contribution in [3.05, 3.63) is 48.0 Å². The van der Waals surface area contributed by atoms with Crippen LogP contribution in [0.15, 0.2) is 42.5 Å². The molecule has 0 bridgehead atoms. The van der Waals surface area contributed by atoms with Crippen LogP contribution in [0.1, 0.15) is 38.1 Å². The molecule has 1 atom stereocenters. The number of halogens is 1. The van der Waals surface area contributed by atoms with Gasteiger partial charge in [-0.2, -0.15) is 0 Å². The molecule has 2 heterocycles. The third-order valence-electron chi connectivity index (χ3n) is 5.22. The van der Waals surface area contributed by atoms with Gasteiger partial charge in [-0.1, -0.05) is 6.07 Å². The predicted octanol–water partition coefficient (Wildman–Crippen LogP) is 3.46. The van der Waals surface area contributed by atoms with Gasteiger partial charge in [-0.3, -0.25) is 4.79 Å². The molecule has 10 heteroatoms. The van der Waals surface area contributed by atoms with Crippen LogP contribution in [0.3, 0.4) is 0 Å². The highest BCUT2D eigenvalue weighted by molar-refractivity contribution is 7.93. The van der Waals surface area contributed by atoms with Crippen LogP contribution >= 0.6 is 0 Å². The molecule has 176 valence electrons. The van der Waals surface area contributed by atoms with Crippen molar-refractivity contribution >= 4 is 32.5 Å². The third-order valence-corrected chi connectivity index (χ3v) is 7.37. The van der Waals surface area contributed by atoms with Crippen LogP contribution in [0, 0.1) is 0 Å². The van der Waals surface area contributed by atoms with E-state index < -0.39 is 21.7 Å². The van der Waals surface area contributed by atoms with Crippen LogP contribution < -0.4 is 15.4 Å². The molecule has 1 unspecified atom stereocenters.